The van der Waals surface area contributed by atoms with E-state index >= 15 is 0 Å². The Morgan fingerprint density at radius 2 is 1.93 bits per heavy atom. The number of hydrogen-bond acceptors (Lipinski definition) is 5. The van der Waals surface area contributed by atoms with Gasteiger partial charge in [0.15, 0.2) is 11.9 Å². The summed E-state index contributed by atoms with van der Waals surface area (Å²) in [7, 11) is -2.06. The minimum absolute atomic E-state index is 0.0377. The molecule has 29 heavy (non-hydrogen) atoms. The Bertz CT molecular complexity index is 786. The maximum absolute atomic E-state index is 12.8. The van der Waals surface area contributed by atoms with E-state index in [9.17, 15) is 4.79 Å². The van der Waals surface area contributed by atoms with E-state index in [1.54, 1.807) is 6.07 Å². The van der Waals surface area contributed by atoms with Gasteiger partial charge in [0.05, 0.1) is 12.2 Å². The normalized spacial score (nSPS) is 22.4. The fraction of sp³-hybridized carbons (Fsp3) is 0.609. The topological polar surface area (TPSA) is 57.3 Å². The van der Waals surface area contributed by atoms with Gasteiger partial charge in [0.1, 0.15) is 11.9 Å². The van der Waals surface area contributed by atoms with Crippen molar-refractivity contribution in [1.29, 1.82) is 0 Å². The molecule has 6 heteroatoms. The maximum Gasteiger partial charge on any atom is 0.250 e. The Kier molecular flexibility index (Phi) is 7.34. The minimum atomic E-state index is -2.06. The fourth-order valence-electron chi connectivity index (χ4n) is 2.49. The van der Waals surface area contributed by atoms with E-state index in [1.165, 1.54) is 0 Å². The van der Waals surface area contributed by atoms with Crippen molar-refractivity contribution in [2.24, 2.45) is 0 Å². The second-order valence-corrected chi connectivity index (χ2v) is 13.7. The zero-order valence-corrected chi connectivity index (χ0v) is 19.9. The van der Waals surface area contributed by atoms with Crippen LogP contribution in [0.3, 0.4) is 0 Å². The van der Waals surface area contributed by atoms with Gasteiger partial charge in [0.2, 0.25) is 5.78 Å². The molecule has 1 aliphatic heterocycles. The molecule has 1 saturated heterocycles. The summed E-state index contributed by atoms with van der Waals surface area (Å²) in [5.41, 5.74) is -0.177. The molecule has 0 radical (unpaired) electrons. The van der Waals surface area contributed by atoms with Crippen LogP contribution in [0.15, 0.2) is 24.3 Å². The predicted molar refractivity (Wildman–Crippen MR) is 117 cm³/mol. The molecule has 2 rings (SSSR count). The fourth-order valence-corrected chi connectivity index (χ4v) is 3.52. The van der Waals surface area contributed by atoms with E-state index in [0.717, 1.165) is 0 Å². The zero-order valence-electron chi connectivity index (χ0n) is 18.9. The van der Waals surface area contributed by atoms with Gasteiger partial charge in [0, 0.05) is 6.61 Å². The second-order valence-electron chi connectivity index (χ2n) is 9.01. The van der Waals surface area contributed by atoms with Crippen molar-refractivity contribution in [3.8, 4) is 17.6 Å². The Morgan fingerprint density at radius 3 is 2.55 bits per heavy atom. The van der Waals surface area contributed by atoms with Crippen molar-refractivity contribution in [3.05, 3.63) is 29.8 Å². The lowest BCUT2D eigenvalue weighted by molar-refractivity contribution is -0.129. The molecule has 0 aliphatic carbocycles. The largest absolute Gasteiger partial charge is 0.543 e. The van der Waals surface area contributed by atoms with Crippen LogP contribution in [0.5, 0.6) is 5.75 Å². The molecule has 1 aromatic carbocycles. The molecule has 1 unspecified atom stereocenters. The lowest BCUT2D eigenvalue weighted by Crippen LogP contribution is -2.44. The van der Waals surface area contributed by atoms with Crippen LogP contribution in [0.2, 0.25) is 18.1 Å². The van der Waals surface area contributed by atoms with Crippen LogP contribution in [-0.4, -0.2) is 45.3 Å². The lowest BCUT2D eigenvalue weighted by atomic mass is 10.1. The van der Waals surface area contributed by atoms with Crippen LogP contribution in [0.25, 0.3) is 0 Å². The van der Waals surface area contributed by atoms with E-state index < -0.39 is 13.9 Å². The molecule has 1 aliphatic rings. The third-order valence-electron chi connectivity index (χ3n) is 5.56. The average molecular weight is 419 g/mol. The summed E-state index contributed by atoms with van der Waals surface area (Å²) >= 11 is 0. The predicted octanol–water partition coefficient (Wildman–Crippen LogP) is 4.81. The first-order valence-electron chi connectivity index (χ1n) is 10.2. The molecule has 0 N–H and O–H groups in total. The van der Waals surface area contributed by atoms with Crippen molar-refractivity contribution in [3.63, 3.8) is 0 Å². The number of Topliss-reactive ketones (excluding diaryl/α,β-unsaturated/α-hetero) is 1. The molecule has 1 fully saturated rings. The summed E-state index contributed by atoms with van der Waals surface area (Å²) < 4.78 is 22.9. The van der Waals surface area contributed by atoms with Crippen LogP contribution in [-0.2, 0) is 14.2 Å². The first kappa shape index (κ1) is 23.6. The first-order valence-corrected chi connectivity index (χ1v) is 13.1. The molecule has 0 bridgehead atoms. The third kappa shape index (κ3) is 6.16. The zero-order chi connectivity index (χ0) is 21.9. The van der Waals surface area contributed by atoms with Crippen molar-refractivity contribution in [2.45, 2.75) is 77.7 Å². The SMILES string of the molecule is CCOC(C)OC[C@H]1O[C@]1(C)C#CC(=O)c1ccccc1O[Si](C)(C)C(C)(C)C. The highest BCUT2D eigenvalue weighted by Crippen LogP contribution is 2.38. The van der Waals surface area contributed by atoms with E-state index in [0.29, 0.717) is 24.5 Å². The summed E-state index contributed by atoms with van der Waals surface area (Å²) in [6.07, 6.45) is -0.452. The molecule has 0 aromatic heterocycles. The summed E-state index contributed by atoms with van der Waals surface area (Å²) in [4.78, 5) is 12.8. The Morgan fingerprint density at radius 1 is 1.28 bits per heavy atom. The quantitative estimate of drug-likeness (QED) is 0.151. The number of rotatable bonds is 8. The molecule has 0 spiro atoms. The number of ether oxygens (including phenoxy) is 3. The monoisotopic (exact) mass is 418 g/mol. The minimum Gasteiger partial charge on any atom is -0.543 e. The van der Waals surface area contributed by atoms with Crippen LogP contribution in [0.1, 0.15) is 51.9 Å². The highest BCUT2D eigenvalue weighted by Gasteiger charge is 2.51. The molecule has 5 nitrogen and oxygen atoms in total. The van der Waals surface area contributed by atoms with Gasteiger partial charge in [-0.1, -0.05) is 38.8 Å². The van der Waals surface area contributed by atoms with E-state index in [4.69, 9.17) is 18.6 Å². The number of ketones is 1. The van der Waals surface area contributed by atoms with E-state index in [-0.39, 0.29) is 23.2 Å². The second kappa shape index (κ2) is 9.01. The van der Waals surface area contributed by atoms with Crippen molar-refractivity contribution < 1.29 is 23.4 Å². The van der Waals surface area contributed by atoms with Gasteiger partial charge in [-0.05, 0) is 57.0 Å². The summed E-state index contributed by atoms with van der Waals surface area (Å²) in [6, 6.07) is 7.32. The van der Waals surface area contributed by atoms with Crippen LogP contribution in [0.4, 0.5) is 0 Å². The Labute approximate surface area is 176 Å². The highest BCUT2D eigenvalue weighted by atomic mass is 28.4. The lowest BCUT2D eigenvalue weighted by Gasteiger charge is -2.36. The molecule has 3 atom stereocenters. The average Bonchev–Trinajstić information content (AvgIpc) is 3.28. The van der Waals surface area contributed by atoms with Gasteiger partial charge in [0.25, 0.3) is 8.32 Å². The summed E-state index contributed by atoms with van der Waals surface area (Å²) in [5.74, 6) is 6.05. The smallest absolute Gasteiger partial charge is 0.250 e. The van der Waals surface area contributed by atoms with Gasteiger partial charge >= 0.3 is 0 Å². The molecule has 1 heterocycles. The van der Waals surface area contributed by atoms with E-state index in [2.05, 4.69) is 45.7 Å². The number of para-hydroxylation sites is 1. The molecule has 0 amide bonds. The van der Waals surface area contributed by atoms with Gasteiger partial charge in [-0.2, -0.15) is 0 Å². The molecule has 0 saturated carbocycles. The first-order chi connectivity index (χ1) is 13.4. The molecule has 1 aromatic rings. The number of hydrogen-bond donors (Lipinski definition) is 0. The van der Waals surface area contributed by atoms with Crippen molar-refractivity contribution >= 4 is 14.1 Å². The van der Waals surface area contributed by atoms with Crippen molar-refractivity contribution in [2.75, 3.05) is 13.2 Å². The number of carbonyl (C=O) groups excluding carboxylic acids is 1. The molecule has 160 valence electrons. The third-order valence-corrected chi connectivity index (χ3v) is 9.90. The molecular weight excluding hydrogens is 384 g/mol. The van der Waals surface area contributed by atoms with Crippen LogP contribution >= 0.6 is 0 Å². The summed E-state index contributed by atoms with van der Waals surface area (Å²) in [5, 5.41) is 0.0377. The van der Waals surface area contributed by atoms with Gasteiger partial charge in [-0.3, -0.25) is 4.79 Å². The number of epoxide rings is 1. The van der Waals surface area contributed by atoms with Crippen LogP contribution < -0.4 is 4.43 Å². The molecular formula is C23H34O5Si. The number of carbonyl (C=O) groups is 1. The van der Waals surface area contributed by atoms with Gasteiger partial charge in [-0.15, -0.1) is 0 Å². The highest BCUT2D eigenvalue weighted by molar-refractivity contribution is 6.74. The van der Waals surface area contributed by atoms with Crippen LogP contribution in [0, 0.1) is 11.8 Å². The summed E-state index contributed by atoms with van der Waals surface area (Å²) in [6.45, 7) is 17.4. The van der Waals surface area contributed by atoms with E-state index in [1.807, 2.05) is 39.0 Å². The number of benzene rings is 1. The van der Waals surface area contributed by atoms with Crippen molar-refractivity contribution in [1.82, 2.24) is 0 Å². The Hall–Kier alpha value is -1.65. The van der Waals surface area contributed by atoms with Gasteiger partial charge < -0.3 is 18.6 Å². The standard InChI is InChI=1S/C23H34O5Si/c1-9-25-17(2)26-16-21-23(6,27-21)15-14-19(24)18-12-10-11-13-20(18)28-29(7,8)22(3,4)5/h10-13,17,21H,9,16H2,1-8H3/t17?,21-,23-/m1/s1. The maximum atomic E-state index is 12.8. The van der Waals surface area contributed by atoms with Gasteiger partial charge in [-0.25, -0.2) is 0 Å². The Balaban J connectivity index is 2.07.